The van der Waals surface area contributed by atoms with Crippen molar-refractivity contribution in [2.45, 2.75) is 38.9 Å². The zero-order valence-electron chi connectivity index (χ0n) is 11.1. The molecule has 1 aromatic rings. The minimum absolute atomic E-state index is 0.122. The van der Waals surface area contributed by atoms with E-state index in [1.54, 1.807) is 7.11 Å². The fourth-order valence-electron chi connectivity index (χ4n) is 2.16. The number of benzene rings is 1. The van der Waals surface area contributed by atoms with E-state index in [4.69, 9.17) is 9.47 Å². The van der Waals surface area contributed by atoms with Crippen LogP contribution in [0.15, 0.2) is 24.3 Å². The highest BCUT2D eigenvalue weighted by Gasteiger charge is 2.16. The molecule has 3 nitrogen and oxygen atoms in total. The zero-order valence-corrected chi connectivity index (χ0v) is 11.1. The maximum absolute atomic E-state index is 9.53. The largest absolute Gasteiger partial charge is 0.493 e. The molecular formula is C15H20O3. The Morgan fingerprint density at radius 3 is 2.61 bits per heavy atom. The van der Waals surface area contributed by atoms with Crippen LogP contribution in [0.3, 0.4) is 0 Å². The summed E-state index contributed by atoms with van der Waals surface area (Å²) in [7, 11) is 1.64. The summed E-state index contributed by atoms with van der Waals surface area (Å²) in [6.07, 6.45) is 3.45. The summed E-state index contributed by atoms with van der Waals surface area (Å²) in [4.78, 5) is 0. The van der Waals surface area contributed by atoms with Crippen LogP contribution in [0, 0.1) is 0 Å². The van der Waals surface area contributed by atoms with E-state index in [-0.39, 0.29) is 12.2 Å². The number of hydrogen-bond donors (Lipinski definition) is 1. The number of rotatable bonds is 4. The van der Waals surface area contributed by atoms with Crippen LogP contribution in [0.4, 0.5) is 0 Å². The van der Waals surface area contributed by atoms with Crippen molar-refractivity contribution in [3.8, 4) is 11.5 Å². The van der Waals surface area contributed by atoms with Crippen molar-refractivity contribution in [1.82, 2.24) is 0 Å². The summed E-state index contributed by atoms with van der Waals surface area (Å²) in [6, 6.07) is 5.92. The van der Waals surface area contributed by atoms with Gasteiger partial charge in [-0.15, -0.1) is 0 Å². The molecule has 0 fully saturated rings. The Kier molecular flexibility index (Phi) is 3.92. The highest BCUT2D eigenvalue weighted by atomic mass is 16.5. The van der Waals surface area contributed by atoms with Gasteiger partial charge in [0.05, 0.1) is 19.3 Å². The Hall–Kier alpha value is -1.48. The Morgan fingerprint density at radius 1 is 1.28 bits per heavy atom. The van der Waals surface area contributed by atoms with Crippen molar-refractivity contribution in [3.05, 3.63) is 29.8 Å². The van der Waals surface area contributed by atoms with Crippen molar-refractivity contribution < 1.29 is 14.6 Å². The summed E-state index contributed by atoms with van der Waals surface area (Å²) >= 11 is 0. The summed E-state index contributed by atoms with van der Waals surface area (Å²) in [5, 5.41) is 9.53. The number of allylic oxidation sites excluding steroid dienone is 1. The molecule has 2 rings (SSSR count). The van der Waals surface area contributed by atoms with Crippen LogP contribution in [0.2, 0.25) is 0 Å². The monoisotopic (exact) mass is 248 g/mol. The molecule has 0 spiro atoms. The SMILES string of the molecule is COc1cc(C2=CC(O)CC2)ccc1OC(C)C. The van der Waals surface area contributed by atoms with Gasteiger partial charge >= 0.3 is 0 Å². The highest BCUT2D eigenvalue weighted by Crippen LogP contribution is 2.35. The van der Waals surface area contributed by atoms with E-state index in [9.17, 15) is 5.11 Å². The van der Waals surface area contributed by atoms with Gasteiger partial charge in [-0.3, -0.25) is 0 Å². The average Bonchev–Trinajstić information content (AvgIpc) is 2.75. The second-order valence-corrected chi connectivity index (χ2v) is 4.83. The molecule has 0 bridgehead atoms. The first-order chi connectivity index (χ1) is 8.60. The van der Waals surface area contributed by atoms with Crippen molar-refractivity contribution in [2.24, 2.45) is 0 Å². The molecule has 0 saturated carbocycles. The molecule has 1 unspecified atom stereocenters. The molecular weight excluding hydrogens is 228 g/mol. The third kappa shape index (κ3) is 2.85. The molecule has 0 heterocycles. The Labute approximate surface area is 108 Å². The van der Waals surface area contributed by atoms with Gasteiger partial charge < -0.3 is 14.6 Å². The van der Waals surface area contributed by atoms with Crippen LogP contribution in [-0.2, 0) is 0 Å². The Bertz CT molecular complexity index is 449. The number of aliphatic hydroxyl groups is 1. The van der Waals surface area contributed by atoms with Crippen molar-refractivity contribution in [1.29, 1.82) is 0 Å². The topological polar surface area (TPSA) is 38.7 Å². The highest BCUT2D eigenvalue weighted by molar-refractivity contribution is 5.70. The lowest BCUT2D eigenvalue weighted by Gasteiger charge is -2.14. The number of aliphatic hydroxyl groups excluding tert-OH is 1. The fourth-order valence-corrected chi connectivity index (χ4v) is 2.16. The second-order valence-electron chi connectivity index (χ2n) is 4.83. The third-order valence-corrected chi connectivity index (χ3v) is 3.00. The lowest BCUT2D eigenvalue weighted by atomic mass is 10.1. The van der Waals surface area contributed by atoms with Crippen molar-refractivity contribution in [3.63, 3.8) is 0 Å². The van der Waals surface area contributed by atoms with E-state index in [1.165, 1.54) is 5.57 Å². The van der Waals surface area contributed by atoms with Gasteiger partial charge in [-0.05, 0) is 50.0 Å². The maximum Gasteiger partial charge on any atom is 0.161 e. The van der Waals surface area contributed by atoms with Crippen LogP contribution in [0.5, 0.6) is 11.5 Å². The first-order valence-electron chi connectivity index (χ1n) is 6.34. The van der Waals surface area contributed by atoms with Crippen LogP contribution in [0.25, 0.3) is 5.57 Å². The molecule has 1 N–H and O–H groups in total. The quantitative estimate of drug-likeness (QED) is 0.890. The first kappa shape index (κ1) is 13.0. The van der Waals surface area contributed by atoms with Crippen molar-refractivity contribution >= 4 is 5.57 Å². The van der Waals surface area contributed by atoms with Crippen LogP contribution < -0.4 is 9.47 Å². The summed E-state index contributed by atoms with van der Waals surface area (Å²) in [6.45, 7) is 3.98. The van der Waals surface area contributed by atoms with Crippen molar-refractivity contribution in [2.75, 3.05) is 7.11 Å². The molecule has 0 aromatic heterocycles. The minimum Gasteiger partial charge on any atom is -0.493 e. The van der Waals surface area contributed by atoms with Gasteiger partial charge in [0.2, 0.25) is 0 Å². The average molecular weight is 248 g/mol. The molecule has 98 valence electrons. The van der Waals surface area contributed by atoms with Gasteiger partial charge in [-0.25, -0.2) is 0 Å². The fraction of sp³-hybridized carbons (Fsp3) is 0.467. The van der Waals surface area contributed by atoms with Crippen LogP contribution >= 0.6 is 0 Å². The molecule has 0 saturated heterocycles. The zero-order chi connectivity index (χ0) is 13.1. The third-order valence-electron chi connectivity index (χ3n) is 3.00. The van der Waals surface area contributed by atoms with Gasteiger partial charge in [-0.2, -0.15) is 0 Å². The normalized spacial score (nSPS) is 18.9. The lowest BCUT2D eigenvalue weighted by Crippen LogP contribution is -2.06. The Balaban J connectivity index is 2.27. The van der Waals surface area contributed by atoms with Gasteiger partial charge in [0.15, 0.2) is 11.5 Å². The van der Waals surface area contributed by atoms with Gasteiger partial charge in [0, 0.05) is 0 Å². The minimum atomic E-state index is -0.308. The molecule has 0 amide bonds. The van der Waals surface area contributed by atoms with Gasteiger partial charge in [0.1, 0.15) is 0 Å². The predicted octanol–water partition coefficient (Wildman–Crippen LogP) is 3.02. The smallest absolute Gasteiger partial charge is 0.161 e. The molecule has 0 aliphatic heterocycles. The van der Waals surface area contributed by atoms with Crippen LogP contribution in [-0.4, -0.2) is 24.4 Å². The molecule has 0 radical (unpaired) electrons. The van der Waals surface area contributed by atoms with E-state index < -0.39 is 0 Å². The Morgan fingerprint density at radius 2 is 2.06 bits per heavy atom. The van der Waals surface area contributed by atoms with Gasteiger partial charge in [0.25, 0.3) is 0 Å². The molecule has 1 aromatic carbocycles. The molecule has 18 heavy (non-hydrogen) atoms. The van der Waals surface area contributed by atoms with E-state index in [0.29, 0.717) is 0 Å². The molecule has 1 atom stereocenters. The lowest BCUT2D eigenvalue weighted by molar-refractivity contribution is 0.223. The van der Waals surface area contributed by atoms with E-state index >= 15 is 0 Å². The second kappa shape index (κ2) is 5.44. The summed E-state index contributed by atoms with van der Waals surface area (Å²) < 4.78 is 11.0. The van der Waals surface area contributed by atoms with Gasteiger partial charge in [-0.1, -0.05) is 12.1 Å². The predicted molar refractivity (Wildman–Crippen MR) is 72.0 cm³/mol. The summed E-state index contributed by atoms with van der Waals surface area (Å²) in [5.41, 5.74) is 2.27. The standard InChI is InChI=1S/C15H20O3/c1-10(2)18-14-7-5-12(9-15(14)17-3)11-4-6-13(16)8-11/h5,7-10,13,16H,4,6H2,1-3H3. The number of hydrogen-bond acceptors (Lipinski definition) is 3. The number of ether oxygens (including phenoxy) is 2. The maximum atomic E-state index is 9.53. The number of methoxy groups -OCH3 is 1. The molecule has 1 aliphatic carbocycles. The molecule has 1 aliphatic rings. The van der Waals surface area contributed by atoms with E-state index in [0.717, 1.165) is 29.9 Å². The van der Waals surface area contributed by atoms with E-state index in [1.807, 2.05) is 38.1 Å². The van der Waals surface area contributed by atoms with E-state index in [2.05, 4.69) is 0 Å². The summed E-state index contributed by atoms with van der Waals surface area (Å²) in [5.74, 6) is 1.50. The van der Waals surface area contributed by atoms with Crippen LogP contribution in [0.1, 0.15) is 32.3 Å². The first-order valence-corrected chi connectivity index (χ1v) is 6.34. The molecule has 3 heteroatoms.